The van der Waals surface area contributed by atoms with Gasteiger partial charge < -0.3 is 10.6 Å². The summed E-state index contributed by atoms with van der Waals surface area (Å²) in [6.07, 6.45) is -4.73. The number of carbonyl (C=O) groups excluding carboxylic acids is 2. The topological polar surface area (TPSA) is 98.0 Å². The molecule has 0 saturated heterocycles. The number of nitrogens with zero attached hydrogens (tertiary/aromatic N) is 3. The summed E-state index contributed by atoms with van der Waals surface area (Å²) in [6, 6.07) is 6.71. The van der Waals surface area contributed by atoms with Crippen molar-refractivity contribution >= 4 is 34.2 Å². The fraction of sp³-hybridized carbons (Fsp3) is 0.263. The van der Waals surface area contributed by atoms with Gasteiger partial charge in [0.25, 0.3) is 5.56 Å². The molecule has 2 amide bonds. The average Bonchev–Trinajstić information content (AvgIpc) is 2.92. The molecule has 0 saturated carbocycles. The van der Waals surface area contributed by atoms with Crippen LogP contribution in [0.5, 0.6) is 0 Å². The van der Waals surface area contributed by atoms with E-state index in [0.717, 1.165) is 9.25 Å². The number of pyridine rings is 1. The number of carbonyl (C=O) groups is 2. The Morgan fingerprint density at radius 3 is 2.20 bits per heavy atom. The van der Waals surface area contributed by atoms with Gasteiger partial charge in [-0.3, -0.25) is 23.6 Å². The monoisotopic (exact) mass is 421 g/mol. The van der Waals surface area contributed by atoms with Gasteiger partial charge in [-0.2, -0.15) is 18.3 Å². The van der Waals surface area contributed by atoms with Gasteiger partial charge >= 0.3 is 6.18 Å². The lowest BCUT2D eigenvalue weighted by atomic mass is 10.1. The van der Waals surface area contributed by atoms with E-state index in [4.69, 9.17) is 0 Å². The highest BCUT2D eigenvalue weighted by molar-refractivity contribution is 5.93. The van der Waals surface area contributed by atoms with E-state index in [1.807, 2.05) is 0 Å². The zero-order valence-corrected chi connectivity index (χ0v) is 16.3. The number of amides is 2. The molecule has 0 fully saturated rings. The summed E-state index contributed by atoms with van der Waals surface area (Å²) in [6.45, 7) is 2.27. The maximum Gasteiger partial charge on any atom is 0.417 e. The molecule has 0 bridgehead atoms. The number of nitrogens with one attached hydrogen (secondary N) is 2. The second-order valence-electron chi connectivity index (χ2n) is 6.69. The summed E-state index contributed by atoms with van der Waals surface area (Å²) >= 11 is 0. The second kappa shape index (κ2) is 7.65. The summed E-state index contributed by atoms with van der Waals surface area (Å²) in [5.74, 6) is -0.853. The van der Waals surface area contributed by atoms with E-state index >= 15 is 0 Å². The van der Waals surface area contributed by atoms with Gasteiger partial charge in [-0.15, -0.1) is 0 Å². The summed E-state index contributed by atoms with van der Waals surface area (Å²) < 4.78 is 42.3. The van der Waals surface area contributed by atoms with Crippen LogP contribution in [0.2, 0.25) is 0 Å². The highest BCUT2D eigenvalue weighted by Crippen LogP contribution is 2.35. The second-order valence-corrected chi connectivity index (χ2v) is 6.69. The van der Waals surface area contributed by atoms with Crippen LogP contribution in [0.3, 0.4) is 0 Å². The van der Waals surface area contributed by atoms with Crippen molar-refractivity contribution < 1.29 is 22.8 Å². The first-order chi connectivity index (χ1) is 14.0. The summed E-state index contributed by atoms with van der Waals surface area (Å²) in [7, 11) is 1.41. The predicted molar refractivity (Wildman–Crippen MR) is 104 cm³/mol. The Morgan fingerprint density at radius 2 is 1.67 bits per heavy atom. The molecule has 2 heterocycles. The number of hydrogen-bond acceptors (Lipinski definition) is 4. The Bertz CT molecular complexity index is 1190. The number of alkyl halides is 3. The maximum atomic E-state index is 13.4. The minimum atomic E-state index is -4.73. The number of aromatic nitrogens is 3. The van der Waals surface area contributed by atoms with Crippen molar-refractivity contribution in [3.05, 3.63) is 51.9 Å². The molecule has 3 aromatic rings. The highest BCUT2D eigenvalue weighted by Gasteiger charge is 2.36. The summed E-state index contributed by atoms with van der Waals surface area (Å²) in [5, 5.41) is 8.91. The number of rotatable bonds is 4. The van der Waals surface area contributed by atoms with Crippen LogP contribution in [-0.2, 0) is 29.4 Å². The number of halogens is 3. The summed E-state index contributed by atoms with van der Waals surface area (Å²) in [5.41, 5.74) is -1.11. The Balaban J connectivity index is 1.92. The first-order valence-corrected chi connectivity index (χ1v) is 8.79. The van der Waals surface area contributed by atoms with Gasteiger partial charge in [-0.25, -0.2) is 0 Å². The molecule has 0 spiro atoms. The number of hydrogen-bond donors (Lipinski definition) is 2. The smallest absolute Gasteiger partial charge is 0.326 e. The van der Waals surface area contributed by atoms with Crippen molar-refractivity contribution in [1.29, 1.82) is 0 Å². The van der Waals surface area contributed by atoms with Crippen molar-refractivity contribution in [3.8, 4) is 0 Å². The van der Waals surface area contributed by atoms with Crippen molar-refractivity contribution in [2.75, 3.05) is 10.6 Å². The number of benzene rings is 1. The van der Waals surface area contributed by atoms with Crippen molar-refractivity contribution in [1.82, 2.24) is 14.3 Å². The van der Waals surface area contributed by atoms with Crippen LogP contribution in [-0.4, -0.2) is 26.2 Å². The lowest BCUT2D eigenvalue weighted by molar-refractivity contribution is -0.136. The predicted octanol–water partition coefficient (Wildman–Crippen LogP) is 2.66. The Kier molecular flexibility index (Phi) is 5.38. The molecule has 0 aliphatic heterocycles. The van der Waals surface area contributed by atoms with E-state index in [9.17, 15) is 27.6 Å². The average molecular weight is 421 g/mol. The van der Waals surface area contributed by atoms with E-state index in [-0.39, 0.29) is 22.6 Å². The third kappa shape index (κ3) is 4.19. The molecule has 8 nitrogen and oxygen atoms in total. The van der Waals surface area contributed by atoms with Crippen LogP contribution >= 0.6 is 0 Å². The van der Waals surface area contributed by atoms with E-state index in [1.165, 1.54) is 20.9 Å². The minimum Gasteiger partial charge on any atom is -0.326 e. The molecule has 30 heavy (non-hydrogen) atoms. The Hall–Kier alpha value is -3.63. The fourth-order valence-electron chi connectivity index (χ4n) is 3.21. The SMILES string of the molecule is CC(=O)Nc1ccc(NC(=O)Cn2c(=O)cc(C(F)(F)F)c3c(C)nn(C)c32)cc1. The van der Waals surface area contributed by atoms with Crippen LogP contribution in [0.1, 0.15) is 18.2 Å². The Morgan fingerprint density at radius 1 is 1.10 bits per heavy atom. The zero-order chi connectivity index (χ0) is 22.2. The molecule has 2 aromatic heterocycles. The molecular weight excluding hydrogens is 403 g/mol. The van der Waals surface area contributed by atoms with Crippen LogP contribution in [0.4, 0.5) is 24.5 Å². The van der Waals surface area contributed by atoms with Gasteiger partial charge in [0.15, 0.2) is 0 Å². The molecule has 0 atom stereocenters. The van der Waals surface area contributed by atoms with Crippen molar-refractivity contribution in [2.24, 2.45) is 7.05 Å². The molecule has 0 aliphatic rings. The fourth-order valence-corrected chi connectivity index (χ4v) is 3.21. The lowest BCUT2D eigenvalue weighted by Gasteiger charge is -2.14. The largest absolute Gasteiger partial charge is 0.417 e. The van der Waals surface area contributed by atoms with Gasteiger partial charge in [0.1, 0.15) is 12.2 Å². The molecule has 11 heteroatoms. The number of fused-ring (bicyclic) bond motifs is 1. The minimum absolute atomic E-state index is 0.0940. The van der Waals surface area contributed by atoms with E-state index in [0.29, 0.717) is 17.4 Å². The molecule has 0 aliphatic carbocycles. The van der Waals surface area contributed by atoms with Crippen molar-refractivity contribution in [3.63, 3.8) is 0 Å². The maximum absolute atomic E-state index is 13.4. The van der Waals surface area contributed by atoms with E-state index in [1.54, 1.807) is 24.3 Å². The molecule has 0 unspecified atom stereocenters. The van der Waals surface area contributed by atoms with Crippen LogP contribution in [0.25, 0.3) is 11.0 Å². The van der Waals surface area contributed by atoms with Crippen LogP contribution in [0.15, 0.2) is 35.1 Å². The van der Waals surface area contributed by atoms with Gasteiger partial charge in [-0.05, 0) is 31.2 Å². The number of anilines is 2. The third-order valence-electron chi connectivity index (χ3n) is 4.35. The van der Waals surface area contributed by atoms with Crippen LogP contribution < -0.4 is 16.2 Å². The van der Waals surface area contributed by atoms with Gasteiger partial charge in [0, 0.05) is 31.4 Å². The van der Waals surface area contributed by atoms with E-state index < -0.39 is 29.8 Å². The molecule has 2 N–H and O–H groups in total. The lowest BCUT2D eigenvalue weighted by Crippen LogP contribution is -2.30. The van der Waals surface area contributed by atoms with E-state index in [2.05, 4.69) is 15.7 Å². The first kappa shape index (κ1) is 21.1. The standard InChI is InChI=1S/C19H18F3N5O3/c1-10-17-14(19(20,21)22)8-16(30)27(18(17)26(3)25-10)9-15(29)24-13-6-4-12(5-7-13)23-11(2)28/h4-8H,9H2,1-3H3,(H,23,28)(H,24,29). The van der Waals surface area contributed by atoms with Gasteiger partial charge in [0.2, 0.25) is 11.8 Å². The molecular formula is C19H18F3N5O3. The quantitative estimate of drug-likeness (QED) is 0.677. The third-order valence-corrected chi connectivity index (χ3v) is 4.35. The summed E-state index contributed by atoms with van der Waals surface area (Å²) in [4.78, 5) is 35.9. The number of aryl methyl sites for hydroxylation is 2. The normalized spacial score (nSPS) is 11.5. The Labute approximate surface area is 168 Å². The molecule has 0 radical (unpaired) electrons. The van der Waals surface area contributed by atoms with Crippen LogP contribution in [0, 0.1) is 6.92 Å². The zero-order valence-electron chi connectivity index (χ0n) is 16.3. The first-order valence-electron chi connectivity index (χ1n) is 8.79. The van der Waals surface area contributed by atoms with Gasteiger partial charge in [-0.1, -0.05) is 0 Å². The highest BCUT2D eigenvalue weighted by atomic mass is 19.4. The van der Waals surface area contributed by atoms with Crippen molar-refractivity contribution in [2.45, 2.75) is 26.6 Å². The van der Waals surface area contributed by atoms with Gasteiger partial charge in [0.05, 0.1) is 16.6 Å². The molecule has 158 valence electrons. The molecule has 1 aromatic carbocycles. The molecule has 3 rings (SSSR count).